The smallest absolute Gasteiger partial charge is 0.251 e. The van der Waals surface area contributed by atoms with E-state index in [0.717, 1.165) is 12.8 Å². The van der Waals surface area contributed by atoms with Crippen molar-refractivity contribution in [2.24, 2.45) is 0 Å². The Labute approximate surface area is 130 Å². The molecule has 0 aromatic heterocycles. The van der Waals surface area contributed by atoms with Crippen LogP contribution in [0.4, 0.5) is 0 Å². The highest BCUT2D eigenvalue weighted by molar-refractivity contribution is 5.95. The van der Waals surface area contributed by atoms with Crippen molar-refractivity contribution in [3.8, 4) is 11.5 Å². The van der Waals surface area contributed by atoms with Crippen LogP contribution in [-0.4, -0.2) is 20.1 Å². The maximum absolute atomic E-state index is 12.5. The zero-order valence-corrected chi connectivity index (χ0v) is 12.8. The predicted octanol–water partition coefficient (Wildman–Crippen LogP) is 3.12. The van der Waals surface area contributed by atoms with E-state index in [0.29, 0.717) is 17.1 Å². The van der Waals surface area contributed by atoms with Crippen molar-refractivity contribution in [3.05, 3.63) is 59.2 Å². The number of methoxy groups -OCH3 is 2. The van der Waals surface area contributed by atoms with Gasteiger partial charge in [0.15, 0.2) is 11.5 Å². The van der Waals surface area contributed by atoms with Crippen molar-refractivity contribution in [2.45, 2.75) is 18.9 Å². The number of carbonyl (C=O) groups excluding carboxylic acids is 1. The van der Waals surface area contributed by atoms with Crippen LogP contribution in [0.1, 0.15) is 33.9 Å². The van der Waals surface area contributed by atoms with Crippen molar-refractivity contribution < 1.29 is 14.3 Å². The van der Waals surface area contributed by atoms with Gasteiger partial charge in [-0.25, -0.2) is 0 Å². The minimum absolute atomic E-state index is 0.0804. The first-order valence-electron chi connectivity index (χ1n) is 7.33. The highest BCUT2D eigenvalue weighted by Crippen LogP contribution is 2.32. The van der Waals surface area contributed by atoms with Crippen LogP contribution >= 0.6 is 0 Å². The van der Waals surface area contributed by atoms with Crippen molar-refractivity contribution in [1.82, 2.24) is 5.32 Å². The topological polar surface area (TPSA) is 47.6 Å². The van der Waals surface area contributed by atoms with Gasteiger partial charge in [0.05, 0.1) is 20.3 Å². The lowest BCUT2D eigenvalue weighted by atomic mass is 10.1. The molecule has 0 bridgehead atoms. The van der Waals surface area contributed by atoms with Crippen LogP contribution in [0.5, 0.6) is 11.5 Å². The monoisotopic (exact) mass is 297 g/mol. The quantitative estimate of drug-likeness (QED) is 0.943. The minimum Gasteiger partial charge on any atom is -0.493 e. The number of amides is 1. The largest absolute Gasteiger partial charge is 0.493 e. The molecule has 22 heavy (non-hydrogen) atoms. The second kappa shape index (κ2) is 6.10. The third-order valence-electron chi connectivity index (χ3n) is 4.08. The number of aryl methyl sites for hydroxylation is 1. The molecule has 4 nitrogen and oxygen atoms in total. The molecule has 1 N–H and O–H groups in total. The summed E-state index contributed by atoms with van der Waals surface area (Å²) in [5.41, 5.74) is 3.11. The van der Waals surface area contributed by atoms with E-state index in [1.165, 1.54) is 11.1 Å². The lowest BCUT2D eigenvalue weighted by Crippen LogP contribution is -2.27. The molecule has 1 amide bonds. The Morgan fingerprint density at radius 1 is 1.09 bits per heavy atom. The van der Waals surface area contributed by atoms with Crippen LogP contribution in [0, 0.1) is 0 Å². The number of carbonyl (C=O) groups is 1. The first-order valence-corrected chi connectivity index (χ1v) is 7.33. The van der Waals surface area contributed by atoms with Crippen molar-refractivity contribution in [2.75, 3.05) is 14.2 Å². The molecule has 4 heteroatoms. The Morgan fingerprint density at radius 2 is 1.86 bits per heavy atom. The van der Waals surface area contributed by atoms with Gasteiger partial charge in [0.25, 0.3) is 5.91 Å². The first-order chi connectivity index (χ1) is 10.7. The van der Waals surface area contributed by atoms with E-state index in [4.69, 9.17) is 9.47 Å². The minimum atomic E-state index is -0.0948. The second-order valence-corrected chi connectivity index (χ2v) is 5.33. The number of nitrogens with one attached hydrogen (secondary N) is 1. The van der Waals surface area contributed by atoms with E-state index >= 15 is 0 Å². The van der Waals surface area contributed by atoms with Crippen LogP contribution in [0.2, 0.25) is 0 Å². The number of hydrogen-bond acceptors (Lipinski definition) is 3. The van der Waals surface area contributed by atoms with Crippen LogP contribution < -0.4 is 14.8 Å². The fourth-order valence-corrected chi connectivity index (χ4v) is 2.93. The Balaban J connectivity index is 1.78. The predicted molar refractivity (Wildman–Crippen MR) is 84.5 cm³/mol. The standard InChI is InChI=1S/C18H19NO3/c1-21-16-10-8-13(11-17(16)22-2)18(20)19-15-9-7-12-5-3-4-6-14(12)15/h3-6,8,10-11,15H,7,9H2,1-2H3,(H,19,20)/t15-/m1/s1. The van der Waals surface area contributed by atoms with Crippen LogP contribution in [-0.2, 0) is 6.42 Å². The Kier molecular flexibility index (Phi) is 4.00. The number of rotatable bonds is 4. The number of benzene rings is 2. The molecule has 2 aromatic rings. The molecule has 0 heterocycles. The summed E-state index contributed by atoms with van der Waals surface area (Å²) in [4.78, 5) is 12.5. The van der Waals surface area contributed by atoms with Gasteiger partial charge in [0.1, 0.15) is 0 Å². The second-order valence-electron chi connectivity index (χ2n) is 5.33. The summed E-state index contributed by atoms with van der Waals surface area (Å²) in [6.45, 7) is 0. The first kappa shape index (κ1) is 14.4. The van der Waals surface area contributed by atoms with E-state index in [1.54, 1.807) is 32.4 Å². The molecule has 1 aliphatic rings. The van der Waals surface area contributed by atoms with Gasteiger partial charge in [0, 0.05) is 5.56 Å². The normalized spacial score (nSPS) is 16.0. The number of ether oxygens (including phenoxy) is 2. The molecule has 114 valence electrons. The molecule has 0 unspecified atom stereocenters. The van der Waals surface area contributed by atoms with E-state index in [1.807, 2.05) is 12.1 Å². The fourth-order valence-electron chi connectivity index (χ4n) is 2.93. The fraction of sp³-hybridized carbons (Fsp3) is 0.278. The summed E-state index contributed by atoms with van der Waals surface area (Å²) in [5, 5.41) is 3.10. The average Bonchev–Trinajstić information content (AvgIpc) is 2.97. The van der Waals surface area contributed by atoms with Gasteiger partial charge in [0.2, 0.25) is 0 Å². The zero-order chi connectivity index (χ0) is 15.5. The molecule has 0 saturated carbocycles. The molecule has 1 atom stereocenters. The van der Waals surface area contributed by atoms with Gasteiger partial charge in [-0.2, -0.15) is 0 Å². The number of fused-ring (bicyclic) bond motifs is 1. The highest BCUT2D eigenvalue weighted by atomic mass is 16.5. The summed E-state index contributed by atoms with van der Waals surface area (Å²) in [7, 11) is 3.14. The van der Waals surface area contributed by atoms with Gasteiger partial charge < -0.3 is 14.8 Å². The Hall–Kier alpha value is -2.49. The summed E-state index contributed by atoms with van der Waals surface area (Å²) in [6, 6.07) is 13.5. The molecule has 0 fully saturated rings. The molecular weight excluding hydrogens is 278 g/mol. The van der Waals surface area contributed by atoms with Crippen LogP contribution in [0.25, 0.3) is 0 Å². The lowest BCUT2D eigenvalue weighted by molar-refractivity contribution is 0.0936. The van der Waals surface area contributed by atoms with Crippen molar-refractivity contribution in [1.29, 1.82) is 0 Å². The maximum Gasteiger partial charge on any atom is 0.251 e. The Morgan fingerprint density at radius 3 is 2.64 bits per heavy atom. The van der Waals surface area contributed by atoms with Gasteiger partial charge in [-0.3, -0.25) is 4.79 Å². The van der Waals surface area contributed by atoms with E-state index < -0.39 is 0 Å². The SMILES string of the molecule is COc1ccc(C(=O)N[C@@H]2CCc3ccccc32)cc1OC. The summed E-state index contributed by atoms with van der Waals surface area (Å²) < 4.78 is 10.4. The third-order valence-corrected chi connectivity index (χ3v) is 4.08. The van der Waals surface area contributed by atoms with Gasteiger partial charge in [-0.05, 0) is 42.2 Å². The van der Waals surface area contributed by atoms with E-state index in [9.17, 15) is 4.79 Å². The molecular formula is C18H19NO3. The van der Waals surface area contributed by atoms with Gasteiger partial charge >= 0.3 is 0 Å². The van der Waals surface area contributed by atoms with Crippen molar-refractivity contribution >= 4 is 5.91 Å². The van der Waals surface area contributed by atoms with Gasteiger partial charge in [-0.1, -0.05) is 24.3 Å². The molecule has 2 aromatic carbocycles. The van der Waals surface area contributed by atoms with E-state index in [-0.39, 0.29) is 11.9 Å². The molecule has 0 spiro atoms. The summed E-state index contributed by atoms with van der Waals surface area (Å²) in [6.07, 6.45) is 1.95. The summed E-state index contributed by atoms with van der Waals surface area (Å²) in [5.74, 6) is 1.08. The van der Waals surface area contributed by atoms with Gasteiger partial charge in [-0.15, -0.1) is 0 Å². The average molecular weight is 297 g/mol. The molecule has 3 rings (SSSR count). The number of hydrogen-bond donors (Lipinski definition) is 1. The maximum atomic E-state index is 12.5. The van der Waals surface area contributed by atoms with Crippen LogP contribution in [0.3, 0.4) is 0 Å². The summed E-state index contributed by atoms with van der Waals surface area (Å²) >= 11 is 0. The molecule has 0 aliphatic heterocycles. The lowest BCUT2D eigenvalue weighted by Gasteiger charge is -2.15. The van der Waals surface area contributed by atoms with E-state index in [2.05, 4.69) is 17.4 Å². The molecule has 1 aliphatic carbocycles. The third kappa shape index (κ3) is 2.64. The molecule has 0 radical (unpaired) electrons. The Bertz CT molecular complexity index is 696. The highest BCUT2D eigenvalue weighted by Gasteiger charge is 2.24. The zero-order valence-electron chi connectivity index (χ0n) is 12.8. The van der Waals surface area contributed by atoms with Crippen LogP contribution in [0.15, 0.2) is 42.5 Å². The van der Waals surface area contributed by atoms with Crippen molar-refractivity contribution in [3.63, 3.8) is 0 Å². The molecule has 0 saturated heterocycles.